The predicted octanol–water partition coefficient (Wildman–Crippen LogP) is 2.69. The minimum atomic E-state index is -0.893. The zero-order chi connectivity index (χ0) is 18.1. The van der Waals surface area contributed by atoms with Gasteiger partial charge in [-0.3, -0.25) is 9.59 Å². The van der Waals surface area contributed by atoms with Crippen LogP contribution in [0, 0.1) is 5.82 Å². The number of rotatable bonds is 4. The topological polar surface area (TPSA) is 76.1 Å². The molecule has 128 valence electrons. The van der Waals surface area contributed by atoms with E-state index in [1.54, 1.807) is 12.1 Å². The van der Waals surface area contributed by atoms with Crippen molar-refractivity contribution in [1.29, 1.82) is 0 Å². The molecule has 2 aromatic rings. The van der Waals surface area contributed by atoms with Gasteiger partial charge in [0.25, 0.3) is 5.91 Å². The number of nitrogens with zero attached hydrogens (tertiary/aromatic N) is 1. The van der Waals surface area contributed by atoms with Gasteiger partial charge in [-0.2, -0.15) is 0 Å². The van der Waals surface area contributed by atoms with Crippen LogP contribution >= 0.6 is 0 Å². The Hall–Kier alpha value is -3.35. The van der Waals surface area contributed by atoms with Gasteiger partial charge in [-0.1, -0.05) is 12.1 Å². The molecule has 1 aliphatic rings. The first-order valence-electron chi connectivity index (χ1n) is 7.28. The van der Waals surface area contributed by atoms with Crippen molar-refractivity contribution in [2.24, 2.45) is 0 Å². The van der Waals surface area contributed by atoms with Gasteiger partial charge >= 0.3 is 5.91 Å². The maximum Gasteiger partial charge on any atom is 0.301 e. The van der Waals surface area contributed by atoms with Gasteiger partial charge in [-0.05, 0) is 29.8 Å². The Morgan fingerprint density at radius 3 is 2.24 bits per heavy atom. The molecule has 6 nitrogen and oxygen atoms in total. The number of aliphatic hydroxyl groups is 1. The minimum absolute atomic E-state index is 0.139. The lowest BCUT2D eigenvalue weighted by molar-refractivity contribution is -0.121. The van der Waals surface area contributed by atoms with Gasteiger partial charge in [-0.25, -0.2) is 9.29 Å². The molecule has 0 bridgehead atoms. The molecule has 0 radical (unpaired) electrons. The number of amides is 2. The van der Waals surface area contributed by atoms with Gasteiger partial charge in [-0.15, -0.1) is 0 Å². The van der Waals surface area contributed by atoms with Crippen molar-refractivity contribution in [2.45, 2.75) is 0 Å². The molecule has 2 amide bonds. The number of benzene rings is 2. The van der Waals surface area contributed by atoms with Gasteiger partial charge in [0.2, 0.25) is 0 Å². The third-order valence-electron chi connectivity index (χ3n) is 3.82. The third-order valence-corrected chi connectivity index (χ3v) is 3.82. The Bertz CT molecular complexity index is 889. The van der Waals surface area contributed by atoms with Crippen LogP contribution in [-0.2, 0) is 9.59 Å². The molecule has 0 saturated carbocycles. The number of imide groups is 1. The molecule has 1 N–H and O–H groups in total. The second-order valence-corrected chi connectivity index (χ2v) is 5.21. The Kier molecular flexibility index (Phi) is 4.14. The Morgan fingerprint density at radius 2 is 1.64 bits per heavy atom. The Labute approximate surface area is 142 Å². The number of hydrogen-bond acceptors (Lipinski definition) is 5. The van der Waals surface area contributed by atoms with E-state index in [1.807, 2.05) is 0 Å². The number of ether oxygens (including phenoxy) is 2. The van der Waals surface area contributed by atoms with Crippen LogP contribution in [0.15, 0.2) is 48.2 Å². The van der Waals surface area contributed by atoms with Crippen LogP contribution in [0.1, 0.15) is 5.56 Å². The van der Waals surface area contributed by atoms with E-state index in [1.165, 1.54) is 32.4 Å². The minimum Gasteiger partial charge on any atom is -0.502 e. The molecule has 0 spiro atoms. The van der Waals surface area contributed by atoms with Crippen molar-refractivity contribution < 1.29 is 28.6 Å². The number of aliphatic hydroxyl groups excluding tert-OH is 1. The number of hydrogen-bond donors (Lipinski definition) is 1. The second-order valence-electron chi connectivity index (χ2n) is 5.21. The van der Waals surface area contributed by atoms with E-state index >= 15 is 0 Å². The lowest BCUT2D eigenvalue weighted by Crippen LogP contribution is -2.31. The van der Waals surface area contributed by atoms with E-state index < -0.39 is 23.4 Å². The SMILES string of the molecule is COc1ccc(OC)c(N2C(=O)C(O)=C(c3ccc(F)cc3)C2=O)c1. The molecule has 1 heterocycles. The standard InChI is InChI=1S/C18H14FNO5/c1-24-12-7-8-14(25-2)13(9-12)20-17(22)15(16(21)18(20)23)10-3-5-11(19)6-4-10/h3-9,21H,1-2H3. The van der Waals surface area contributed by atoms with Gasteiger partial charge < -0.3 is 14.6 Å². The molecule has 1 aliphatic heterocycles. The van der Waals surface area contributed by atoms with Crippen LogP contribution in [0.2, 0.25) is 0 Å². The fraction of sp³-hybridized carbons (Fsp3) is 0.111. The van der Waals surface area contributed by atoms with E-state index in [0.29, 0.717) is 5.75 Å². The molecule has 3 rings (SSSR count). The fourth-order valence-corrected chi connectivity index (χ4v) is 2.59. The molecule has 2 aromatic carbocycles. The summed E-state index contributed by atoms with van der Waals surface area (Å²) >= 11 is 0. The van der Waals surface area contributed by atoms with Gasteiger partial charge in [0, 0.05) is 6.07 Å². The number of anilines is 1. The highest BCUT2D eigenvalue weighted by atomic mass is 19.1. The molecule has 0 fully saturated rings. The van der Waals surface area contributed by atoms with Crippen LogP contribution < -0.4 is 14.4 Å². The van der Waals surface area contributed by atoms with Crippen molar-refractivity contribution in [3.63, 3.8) is 0 Å². The summed E-state index contributed by atoms with van der Waals surface area (Å²) in [5, 5.41) is 10.2. The van der Waals surface area contributed by atoms with E-state index in [9.17, 15) is 19.1 Å². The van der Waals surface area contributed by atoms with E-state index in [2.05, 4.69) is 0 Å². The molecular formula is C18H14FNO5. The lowest BCUT2D eigenvalue weighted by Gasteiger charge is -2.18. The summed E-state index contributed by atoms with van der Waals surface area (Å²) in [5.41, 5.74) is 0.178. The number of methoxy groups -OCH3 is 2. The van der Waals surface area contributed by atoms with Crippen molar-refractivity contribution in [1.82, 2.24) is 0 Å². The monoisotopic (exact) mass is 343 g/mol. The summed E-state index contributed by atoms with van der Waals surface area (Å²) < 4.78 is 23.4. The molecule has 25 heavy (non-hydrogen) atoms. The average molecular weight is 343 g/mol. The smallest absolute Gasteiger partial charge is 0.301 e. The molecule has 0 aliphatic carbocycles. The summed E-state index contributed by atoms with van der Waals surface area (Å²) in [6.07, 6.45) is 0. The normalized spacial score (nSPS) is 14.3. The maximum absolute atomic E-state index is 13.1. The molecule has 0 atom stereocenters. The highest BCUT2D eigenvalue weighted by molar-refractivity contribution is 6.45. The van der Waals surface area contributed by atoms with Crippen molar-refractivity contribution >= 4 is 23.1 Å². The van der Waals surface area contributed by atoms with Crippen LogP contribution in [0.5, 0.6) is 11.5 Å². The molecular weight excluding hydrogens is 329 g/mol. The van der Waals surface area contributed by atoms with E-state index in [0.717, 1.165) is 17.0 Å². The second kappa shape index (κ2) is 6.27. The van der Waals surface area contributed by atoms with E-state index in [4.69, 9.17) is 9.47 Å². The molecule has 0 saturated heterocycles. The summed E-state index contributed by atoms with van der Waals surface area (Å²) in [4.78, 5) is 26.0. The Balaban J connectivity index is 2.09. The summed E-state index contributed by atoms with van der Waals surface area (Å²) in [7, 11) is 2.84. The fourth-order valence-electron chi connectivity index (χ4n) is 2.59. The number of carbonyl (C=O) groups is 2. The average Bonchev–Trinajstić information content (AvgIpc) is 2.84. The van der Waals surface area contributed by atoms with Crippen molar-refractivity contribution in [2.75, 3.05) is 19.1 Å². The van der Waals surface area contributed by atoms with E-state index in [-0.39, 0.29) is 22.6 Å². The van der Waals surface area contributed by atoms with Crippen LogP contribution in [0.3, 0.4) is 0 Å². The maximum atomic E-state index is 13.1. The summed E-state index contributed by atoms with van der Waals surface area (Å²) in [6, 6.07) is 9.53. The molecule has 0 unspecified atom stereocenters. The van der Waals surface area contributed by atoms with Crippen molar-refractivity contribution in [3.8, 4) is 11.5 Å². The van der Waals surface area contributed by atoms with Gasteiger partial charge in [0.1, 0.15) is 17.3 Å². The largest absolute Gasteiger partial charge is 0.502 e. The number of halogens is 1. The number of carbonyl (C=O) groups excluding carboxylic acids is 2. The highest BCUT2D eigenvalue weighted by Gasteiger charge is 2.41. The van der Waals surface area contributed by atoms with Crippen LogP contribution in [0.4, 0.5) is 10.1 Å². The molecule has 0 aromatic heterocycles. The first kappa shape index (κ1) is 16.5. The summed E-state index contributed by atoms with van der Waals surface area (Å²) in [6.45, 7) is 0. The quantitative estimate of drug-likeness (QED) is 0.864. The van der Waals surface area contributed by atoms with Gasteiger partial charge in [0.05, 0.1) is 25.5 Å². The highest BCUT2D eigenvalue weighted by Crippen LogP contribution is 2.38. The van der Waals surface area contributed by atoms with Crippen LogP contribution in [0.25, 0.3) is 5.57 Å². The zero-order valence-corrected chi connectivity index (χ0v) is 13.4. The first-order chi connectivity index (χ1) is 12.0. The predicted molar refractivity (Wildman–Crippen MR) is 88.0 cm³/mol. The lowest BCUT2D eigenvalue weighted by atomic mass is 10.1. The summed E-state index contributed by atoms with van der Waals surface area (Å²) in [5.74, 6) is -2.16. The van der Waals surface area contributed by atoms with Gasteiger partial charge in [0.15, 0.2) is 5.76 Å². The first-order valence-corrected chi connectivity index (χ1v) is 7.28. The van der Waals surface area contributed by atoms with Crippen LogP contribution in [-0.4, -0.2) is 31.1 Å². The Morgan fingerprint density at radius 1 is 0.960 bits per heavy atom. The van der Waals surface area contributed by atoms with Crippen molar-refractivity contribution in [3.05, 3.63) is 59.6 Å². The third kappa shape index (κ3) is 2.69. The zero-order valence-electron chi connectivity index (χ0n) is 13.4. The molecule has 7 heteroatoms.